The predicted molar refractivity (Wildman–Crippen MR) is 52.7 cm³/mol. The summed E-state index contributed by atoms with van der Waals surface area (Å²) >= 11 is 0. The van der Waals surface area contributed by atoms with Gasteiger partial charge in [-0.05, 0) is 13.3 Å². The van der Waals surface area contributed by atoms with Crippen LogP contribution >= 0.6 is 0 Å². The topological polar surface area (TPSA) is 38.7 Å². The Morgan fingerprint density at radius 2 is 1.92 bits per heavy atom. The first-order valence-electron chi connectivity index (χ1n) is 4.70. The van der Waals surface area contributed by atoms with Crippen molar-refractivity contribution in [1.82, 2.24) is 0 Å². The lowest BCUT2D eigenvalue weighted by Crippen LogP contribution is -2.31. The van der Waals surface area contributed by atoms with Crippen molar-refractivity contribution in [3.8, 4) is 0 Å². The molecule has 3 nitrogen and oxygen atoms in total. The van der Waals surface area contributed by atoms with Crippen molar-refractivity contribution in [3.05, 3.63) is 12.7 Å². The van der Waals surface area contributed by atoms with Crippen molar-refractivity contribution in [2.24, 2.45) is 0 Å². The third-order valence-electron chi connectivity index (χ3n) is 1.92. The molecule has 0 saturated heterocycles. The number of hydrogen-bond acceptors (Lipinski definition) is 3. The molecule has 0 amide bonds. The molecule has 0 spiro atoms. The molecule has 78 valence electrons. The largest absolute Gasteiger partial charge is 0.383 e. The van der Waals surface area contributed by atoms with E-state index in [2.05, 4.69) is 6.58 Å². The normalized spacial score (nSPS) is 15.3. The van der Waals surface area contributed by atoms with Crippen molar-refractivity contribution in [2.75, 3.05) is 26.4 Å². The average Bonchev–Trinajstić information content (AvgIpc) is 2.17. The van der Waals surface area contributed by atoms with Crippen molar-refractivity contribution in [3.63, 3.8) is 0 Å². The maximum Gasteiger partial charge on any atom is 0.105 e. The third kappa shape index (κ3) is 5.80. The number of rotatable bonds is 8. The number of hydrogen-bond donors (Lipinski definition) is 1. The Bertz CT molecular complexity index is 136. The van der Waals surface area contributed by atoms with Crippen molar-refractivity contribution >= 4 is 0 Å². The molecule has 0 saturated carbocycles. The van der Waals surface area contributed by atoms with Crippen LogP contribution in [0.5, 0.6) is 0 Å². The minimum absolute atomic E-state index is 0.292. The highest BCUT2D eigenvalue weighted by atomic mass is 16.5. The predicted octanol–water partition coefficient (Wildman–Crippen LogP) is 1.37. The summed E-state index contributed by atoms with van der Waals surface area (Å²) < 4.78 is 10.3. The molecule has 0 bridgehead atoms. The minimum atomic E-state index is -0.883. The van der Waals surface area contributed by atoms with E-state index < -0.39 is 5.60 Å². The maximum atomic E-state index is 9.70. The van der Waals surface area contributed by atoms with Crippen molar-refractivity contribution in [1.29, 1.82) is 0 Å². The van der Waals surface area contributed by atoms with Crippen LogP contribution in [0.4, 0.5) is 0 Å². The van der Waals surface area contributed by atoms with Gasteiger partial charge in [-0.25, -0.2) is 0 Å². The van der Waals surface area contributed by atoms with E-state index in [9.17, 15) is 5.11 Å². The standard InChI is InChI=1S/C10H20O3/c1-4-10(11,5-2)9-13-8-7-12-6-3/h4,11H,1,5-9H2,2-3H3. The van der Waals surface area contributed by atoms with Gasteiger partial charge >= 0.3 is 0 Å². The van der Waals surface area contributed by atoms with Crippen LogP contribution in [0.15, 0.2) is 12.7 Å². The van der Waals surface area contributed by atoms with E-state index in [1.54, 1.807) is 0 Å². The summed E-state index contributed by atoms with van der Waals surface area (Å²) in [6, 6.07) is 0. The molecule has 0 aliphatic rings. The maximum absolute atomic E-state index is 9.70. The van der Waals surface area contributed by atoms with Gasteiger partial charge in [0.2, 0.25) is 0 Å². The number of aliphatic hydroxyl groups is 1. The van der Waals surface area contributed by atoms with Gasteiger partial charge in [0, 0.05) is 6.61 Å². The summed E-state index contributed by atoms with van der Waals surface area (Å²) in [7, 11) is 0. The SMILES string of the molecule is C=CC(O)(CC)COCCOCC. The summed E-state index contributed by atoms with van der Waals surface area (Å²) in [6.07, 6.45) is 2.14. The zero-order chi connectivity index (χ0) is 10.2. The smallest absolute Gasteiger partial charge is 0.105 e. The van der Waals surface area contributed by atoms with Crippen molar-refractivity contribution in [2.45, 2.75) is 25.9 Å². The molecule has 13 heavy (non-hydrogen) atoms. The molecule has 0 fully saturated rings. The van der Waals surface area contributed by atoms with Gasteiger partial charge < -0.3 is 14.6 Å². The second-order valence-corrected chi connectivity index (χ2v) is 2.91. The van der Waals surface area contributed by atoms with Crippen LogP contribution in [0.3, 0.4) is 0 Å². The van der Waals surface area contributed by atoms with Crippen LogP contribution < -0.4 is 0 Å². The van der Waals surface area contributed by atoms with Crippen LogP contribution in [-0.4, -0.2) is 37.1 Å². The molecule has 0 aliphatic heterocycles. The molecule has 1 N–H and O–H groups in total. The molecule has 0 radical (unpaired) electrons. The first-order chi connectivity index (χ1) is 6.18. The minimum Gasteiger partial charge on any atom is -0.383 e. The van der Waals surface area contributed by atoms with Gasteiger partial charge in [0.15, 0.2) is 0 Å². The van der Waals surface area contributed by atoms with E-state index in [1.807, 2.05) is 13.8 Å². The molecule has 0 aromatic carbocycles. The molecule has 0 rings (SSSR count). The Balaban J connectivity index is 3.44. The molecule has 3 heteroatoms. The fourth-order valence-corrected chi connectivity index (χ4v) is 0.816. The van der Waals surface area contributed by atoms with Gasteiger partial charge in [-0.15, -0.1) is 6.58 Å². The van der Waals surface area contributed by atoms with Crippen LogP contribution in [0.1, 0.15) is 20.3 Å². The van der Waals surface area contributed by atoms with E-state index in [4.69, 9.17) is 9.47 Å². The highest BCUT2D eigenvalue weighted by molar-refractivity contribution is 4.94. The van der Waals surface area contributed by atoms with Gasteiger partial charge in [0.1, 0.15) is 5.60 Å². The zero-order valence-corrected chi connectivity index (χ0v) is 8.58. The molecule has 0 heterocycles. The molecular formula is C10H20O3. The van der Waals surface area contributed by atoms with E-state index in [0.29, 0.717) is 32.8 Å². The number of ether oxygens (including phenoxy) is 2. The lowest BCUT2D eigenvalue weighted by molar-refractivity contribution is -0.0318. The average molecular weight is 188 g/mol. The molecule has 0 aliphatic carbocycles. The molecular weight excluding hydrogens is 168 g/mol. The monoisotopic (exact) mass is 188 g/mol. The van der Waals surface area contributed by atoms with E-state index >= 15 is 0 Å². The van der Waals surface area contributed by atoms with Gasteiger partial charge in [-0.1, -0.05) is 13.0 Å². The molecule has 0 aromatic rings. The van der Waals surface area contributed by atoms with Gasteiger partial charge in [0.05, 0.1) is 19.8 Å². The second kappa shape index (κ2) is 7.06. The second-order valence-electron chi connectivity index (χ2n) is 2.91. The summed E-state index contributed by atoms with van der Waals surface area (Å²) in [5, 5.41) is 9.70. The first kappa shape index (κ1) is 12.6. The van der Waals surface area contributed by atoms with Gasteiger partial charge in [0.25, 0.3) is 0 Å². The lowest BCUT2D eigenvalue weighted by atomic mass is 10.0. The van der Waals surface area contributed by atoms with Crippen molar-refractivity contribution < 1.29 is 14.6 Å². The highest BCUT2D eigenvalue weighted by Gasteiger charge is 2.19. The molecule has 1 unspecified atom stereocenters. The van der Waals surface area contributed by atoms with Crippen LogP contribution in [0, 0.1) is 0 Å². The fourth-order valence-electron chi connectivity index (χ4n) is 0.816. The lowest BCUT2D eigenvalue weighted by Gasteiger charge is -2.21. The van der Waals surface area contributed by atoms with Crippen LogP contribution in [-0.2, 0) is 9.47 Å². The summed E-state index contributed by atoms with van der Waals surface area (Å²) in [5.74, 6) is 0. The van der Waals surface area contributed by atoms with E-state index in [0.717, 1.165) is 0 Å². The Hall–Kier alpha value is -0.380. The van der Waals surface area contributed by atoms with Gasteiger partial charge in [-0.2, -0.15) is 0 Å². The summed E-state index contributed by atoms with van der Waals surface area (Å²) in [6.45, 7) is 9.47. The summed E-state index contributed by atoms with van der Waals surface area (Å²) in [4.78, 5) is 0. The van der Waals surface area contributed by atoms with Crippen LogP contribution in [0.2, 0.25) is 0 Å². The Labute approximate surface area is 80.4 Å². The van der Waals surface area contributed by atoms with E-state index in [-0.39, 0.29) is 0 Å². The van der Waals surface area contributed by atoms with Gasteiger partial charge in [-0.3, -0.25) is 0 Å². The zero-order valence-electron chi connectivity index (χ0n) is 8.58. The summed E-state index contributed by atoms with van der Waals surface area (Å²) in [5.41, 5.74) is -0.883. The molecule has 0 aromatic heterocycles. The Morgan fingerprint density at radius 1 is 1.31 bits per heavy atom. The Morgan fingerprint density at radius 3 is 2.38 bits per heavy atom. The third-order valence-corrected chi connectivity index (χ3v) is 1.92. The van der Waals surface area contributed by atoms with Crippen LogP contribution in [0.25, 0.3) is 0 Å². The molecule has 1 atom stereocenters. The fraction of sp³-hybridized carbons (Fsp3) is 0.800. The first-order valence-corrected chi connectivity index (χ1v) is 4.70. The quantitative estimate of drug-likeness (QED) is 0.462. The van der Waals surface area contributed by atoms with E-state index in [1.165, 1.54) is 6.08 Å². The highest BCUT2D eigenvalue weighted by Crippen LogP contribution is 2.10. The Kier molecular flexibility index (Phi) is 6.86.